The predicted octanol–water partition coefficient (Wildman–Crippen LogP) is 1.40. The van der Waals surface area contributed by atoms with Gasteiger partial charge >= 0.3 is 0 Å². The molecule has 1 aliphatic rings. The summed E-state index contributed by atoms with van der Waals surface area (Å²) in [6.45, 7) is 0. The lowest BCUT2D eigenvalue weighted by molar-refractivity contribution is -0.116. The van der Waals surface area contributed by atoms with Gasteiger partial charge in [0, 0.05) is 12.6 Å². The second kappa shape index (κ2) is 4.71. The molecule has 1 aliphatic carbocycles. The summed E-state index contributed by atoms with van der Waals surface area (Å²) in [6, 6.07) is 3.18. The number of hydrogen-bond acceptors (Lipinski definition) is 3. The Bertz CT molecular complexity index is 432. The molecule has 0 radical (unpaired) electrons. The zero-order valence-electron chi connectivity index (χ0n) is 8.55. The van der Waals surface area contributed by atoms with Crippen LogP contribution in [0.4, 0.5) is 5.69 Å². The molecule has 1 heterocycles. The van der Waals surface area contributed by atoms with Crippen LogP contribution < -0.4 is 5.32 Å². The third-order valence-electron chi connectivity index (χ3n) is 2.38. The summed E-state index contributed by atoms with van der Waals surface area (Å²) in [6.07, 6.45) is 4.09. The molecule has 1 fully saturated rings. The van der Waals surface area contributed by atoms with E-state index in [-0.39, 0.29) is 10.9 Å². The van der Waals surface area contributed by atoms with Crippen LogP contribution in [0.15, 0.2) is 23.4 Å². The van der Waals surface area contributed by atoms with Crippen LogP contribution in [-0.2, 0) is 15.9 Å². The molecule has 6 heteroatoms. The third-order valence-corrected chi connectivity index (χ3v) is 3.04. The highest BCUT2D eigenvalue weighted by Gasteiger charge is 2.24. The quantitative estimate of drug-likeness (QED) is 0.780. The lowest BCUT2D eigenvalue weighted by atomic mass is 10.3. The number of hydrogen-bond donors (Lipinski definition) is 2. The van der Waals surface area contributed by atoms with Crippen LogP contribution in [0, 0.1) is 5.92 Å². The fourth-order valence-electron chi connectivity index (χ4n) is 1.41. The van der Waals surface area contributed by atoms with E-state index in [2.05, 4.69) is 10.3 Å². The highest BCUT2D eigenvalue weighted by atomic mass is 32.2. The van der Waals surface area contributed by atoms with Crippen molar-refractivity contribution < 1.29 is 13.6 Å². The van der Waals surface area contributed by atoms with Crippen molar-refractivity contribution in [2.24, 2.45) is 5.92 Å². The summed E-state index contributed by atoms with van der Waals surface area (Å²) in [4.78, 5) is 15.3. The number of aromatic nitrogens is 1. The van der Waals surface area contributed by atoms with Crippen molar-refractivity contribution >= 4 is 22.7 Å². The van der Waals surface area contributed by atoms with Crippen LogP contribution in [0.25, 0.3) is 0 Å². The fraction of sp³-hybridized carbons (Fsp3) is 0.400. The largest absolute Gasteiger partial charge is 0.324 e. The highest BCUT2D eigenvalue weighted by Crippen LogP contribution is 2.32. The van der Waals surface area contributed by atoms with Crippen molar-refractivity contribution in [3.8, 4) is 0 Å². The lowest BCUT2D eigenvalue weighted by Gasteiger charge is -2.06. The number of amides is 1. The summed E-state index contributed by atoms with van der Waals surface area (Å²) in [5.41, 5.74) is 0.314. The SMILES string of the molecule is O=C(CC1CC1)Nc1cccnc1S(=O)O. The molecule has 0 bridgehead atoms. The van der Waals surface area contributed by atoms with Gasteiger partial charge in [-0.3, -0.25) is 4.79 Å². The van der Waals surface area contributed by atoms with Gasteiger partial charge < -0.3 is 9.87 Å². The lowest BCUT2D eigenvalue weighted by Crippen LogP contribution is -2.14. The van der Waals surface area contributed by atoms with Crippen LogP contribution in [0.5, 0.6) is 0 Å². The molecule has 2 rings (SSSR count). The number of carbonyl (C=O) groups excluding carboxylic acids is 1. The number of rotatable bonds is 4. The minimum Gasteiger partial charge on any atom is -0.324 e. The zero-order chi connectivity index (χ0) is 11.5. The smallest absolute Gasteiger partial charge is 0.224 e. The van der Waals surface area contributed by atoms with Crippen molar-refractivity contribution in [2.75, 3.05) is 5.32 Å². The fourth-order valence-corrected chi connectivity index (χ4v) is 1.87. The van der Waals surface area contributed by atoms with Crippen LogP contribution in [0.1, 0.15) is 19.3 Å². The van der Waals surface area contributed by atoms with Gasteiger partial charge in [0.2, 0.25) is 17.0 Å². The molecule has 1 saturated carbocycles. The Kier molecular flexibility index (Phi) is 3.31. The van der Waals surface area contributed by atoms with Gasteiger partial charge in [0.1, 0.15) is 0 Å². The van der Waals surface area contributed by atoms with E-state index in [9.17, 15) is 9.00 Å². The maximum absolute atomic E-state index is 11.5. The van der Waals surface area contributed by atoms with E-state index in [1.165, 1.54) is 6.20 Å². The molecule has 1 aromatic heterocycles. The number of carbonyl (C=O) groups is 1. The summed E-state index contributed by atoms with van der Waals surface area (Å²) in [5.74, 6) is 0.363. The van der Waals surface area contributed by atoms with E-state index in [1.54, 1.807) is 12.1 Å². The molecular formula is C10H12N2O3S. The summed E-state index contributed by atoms with van der Waals surface area (Å²) in [5, 5.41) is 2.60. The first-order chi connectivity index (χ1) is 7.66. The maximum atomic E-state index is 11.5. The van der Waals surface area contributed by atoms with Gasteiger partial charge in [-0.15, -0.1) is 0 Å². The predicted molar refractivity (Wildman–Crippen MR) is 59.2 cm³/mol. The van der Waals surface area contributed by atoms with Crippen molar-refractivity contribution in [1.82, 2.24) is 4.98 Å². The van der Waals surface area contributed by atoms with Gasteiger partial charge in [-0.05, 0) is 30.9 Å². The first-order valence-electron chi connectivity index (χ1n) is 5.02. The summed E-state index contributed by atoms with van der Waals surface area (Å²) in [7, 11) is 0. The maximum Gasteiger partial charge on any atom is 0.224 e. The molecular weight excluding hydrogens is 228 g/mol. The Labute approximate surface area is 95.6 Å². The van der Waals surface area contributed by atoms with Crippen molar-refractivity contribution in [2.45, 2.75) is 24.3 Å². The average molecular weight is 240 g/mol. The van der Waals surface area contributed by atoms with Gasteiger partial charge in [-0.1, -0.05) is 0 Å². The van der Waals surface area contributed by atoms with Crippen molar-refractivity contribution in [1.29, 1.82) is 0 Å². The number of nitrogens with zero attached hydrogens (tertiary/aromatic N) is 1. The van der Waals surface area contributed by atoms with E-state index in [0.29, 0.717) is 18.0 Å². The summed E-state index contributed by atoms with van der Waals surface area (Å²) < 4.78 is 19.9. The van der Waals surface area contributed by atoms with Gasteiger partial charge in [0.05, 0.1) is 5.69 Å². The molecule has 1 aromatic rings. The molecule has 1 amide bonds. The van der Waals surface area contributed by atoms with Gasteiger partial charge in [-0.2, -0.15) is 0 Å². The molecule has 1 unspecified atom stereocenters. The van der Waals surface area contributed by atoms with Crippen LogP contribution in [-0.4, -0.2) is 19.7 Å². The van der Waals surface area contributed by atoms with E-state index in [0.717, 1.165) is 12.8 Å². The Morgan fingerprint density at radius 1 is 1.62 bits per heavy atom. The van der Waals surface area contributed by atoms with Crippen LogP contribution >= 0.6 is 0 Å². The molecule has 1 atom stereocenters. The van der Waals surface area contributed by atoms with E-state index < -0.39 is 11.1 Å². The Morgan fingerprint density at radius 3 is 3.00 bits per heavy atom. The Morgan fingerprint density at radius 2 is 2.38 bits per heavy atom. The van der Waals surface area contributed by atoms with Gasteiger partial charge in [-0.25, -0.2) is 9.19 Å². The van der Waals surface area contributed by atoms with Crippen molar-refractivity contribution in [3.05, 3.63) is 18.3 Å². The number of anilines is 1. The monoisotopic (exact) mass is 240 g/mol. The van der Waals surface area contributed by atoms with Gasteiger partial charge in [0.15, 0.2) is 5.03 Å². The van der Waals surface area contributed by atoms with Gasteiger partial charge in [0.25, 0.3) is 0 Å². The topological polar surface area (TPSA) is 79.3 Å². The zero-order valence-corrected chi connectivity index (χ0v) is 9.37. The molecule has 0 saturated heterocycles. The highest BCUT2D eigenvalue weighted by molar-refractivity contribution is 7.79. The van der Waals surface area contributed by atoms with Crippen LogP contribution in [0.3, 0.4) is 0 Å². The third kappa shape index (κ3) is 2.86. The molecule has 2 N–H and O–H groups in total. The second-order valence-electron chi connectivity index (χ2n) is 3.80. The van der Waals surface area contributed by atoms with E-state index >= 15 is 0 Å². The van der Waals surface area contributed by atoms with E-state index in [4.69, 9.17) is 4.55 Å². The minimum atomic E-state index is -2.18. The average Bonchev–Trinajstić information content (AvgIpc) is 3.02. The molecule has 0 spiro atoms. The normalized spacial score (nSPS) is 16.8. The Hall–Kier alpha value is -1.27. The first kappa shape index (κ1) is 11.2. The molecule has 0 aromatic carbocycles. The van der Waals surface area contributed by atoms with Crippen molar-refractivity contribution in [3.63, 3.8) is 0 Å². The molecule has 86 valence electrons. The molecule has 16 heavy (non-hydrogen) atoms. The number of pyridine rings is 1. The molecule has 0 aliphatic heterocycles. The number of nitrogens with one attached hydrogen (secondary N) is 1. The minimum absolute atomic E-state index is 0.00773. The standard InChI is InChI=1S/C10H12N2O3S/c13-9(6-7-3-4-7)12-8-2-1-5-11-10(8)16(14)15/h1-2,5,7H,3-4,6H2,(H,12,13)(H,14,15). The molecule has 5 nitrogen and oxygen atoms in total. The van der Waals surface area contributed by atoms with E-state index in [1.807, 2.05) is 0 Å². The van der Waals surface area contributed by atoms with Crippen LogP contribution in [0.2, 0.25) is 0 Å². The Balaban J connectivity index is 2.07. The second-order valence-corrected chi connectivity index (χ2v) is 4.69. The summed E-state index contributed by atoms with van der Waals surface area (Å²) >= 11 is -2.18. The first-order valence-corrected chi connectivity index (χ1v) is 6.13.